The van der Waals surface area contributed by atoms with Crippen LogP contribution in [0.5, 0.6) is 5.75 Å². The lowest BCUT2D eigenvalue weighted by Gasteiger charge is -2.35. The fourth-order valence-corrected chi connectivity index (χ4v) is 5.26. The summed E-state index contributed by atoms with van der Waals surface area (Å²) in [6, 6.07) is 23.5. The molecule has 3 aromatic carbocycles. The minimum Gasteiger partial charge on any atom is -0.508 e. The third-order valence-electron chi connectivity index (χ3n) is 7.59. The predicted octanol–water partition coefficient (Wildman–Crippen LogP) is 3.82. The molecule has 4 aromatic rings. The molecule has 8 heteroatoms. The number of benzene rings is 3. The molecule has 208 valence electrons. The van der Waals surface area contributed by atoms with Crippen molar-refractivity contribution in [2.24, 2.45) is 0 Å². The van der Waals surface area contributed by atoms with Crippen molar-refractivity contribution in [2.75, 3.05) is 39.9 Å². The normalized spacial score (nSPS) is 14.1. The molecule has 0 saturated carbocycles. The van der Waals surface area contributed by atoms with Gasteiger partial charge in [-0.2, -0.15) is 0 Å². The maximum absolute atomic E-state index is 13.2. The molecule has 40 heavy (non-hydrogen) atoms. The molecule has 1 fully saturated rings. The molecule has 1 aliphatic heterocycles. The quantitative estimate of drug-likeness (QED) is 0.316. The molecule has 1 aromatic heterocycles. The SMILES string of the molecule is Cc1cc(C(=O)NCN(C)Cc2cccc3c2ccn3CC(=O)N2CCN(Cc3ccccc3)CC2)ccc1O. The monoisotopic (exact) mass is 539 g/mol. The van der Waals surface area contributed by atoms with Gasteiger partial charge in [-0.25, -0.2) is 0 Å². The van der Waals surface area contributed by atoms with Crippen LogP contribution in [0.4, 0.5) is 0 Å². The largest absolute Gasteiger partial charge is 0.508 e. The number of fused-ring (bicyclic) bond motifs is 1. The second-order valence-corrected chi connectivity index (χ2v) is 10.6. The van der Waals surface area contributed by atoms with Crippen LogP contribution >= 0.6 is 0 Å². The second-order valence-electron chi connectivity index (χ2n) is 10.6. The van der Waals surface area contributed by atoms with Crippen molar-refractivity contribution in [2.45, 2.75) is 26.6 Å². The lowest BCUT2D eigenvalue weighted by Crippen LogP contribution is -2.49. The maximum Gasteiger partial charge on any atom is 0.252 e. The zero-order valence-corrected chi connectivity index (χ0v) is 23.2. The van der Waals surface area contributed by atoms with Gasteiger partial charge in [0.05, 0.1) is 6.67 Å². The summed E-state index contributed by atoms with van der Waals surface area (Å²) in [7, 11) is 1.96. The highest BCUT2D eigenvalue weighted by Gasteiger charge is 2.22. The van der Waals surface area contributed by atoms with E-state index >= 15 is 0 Å². The summed E-state index contributed by atoms with van der Waals surface area (Å²) in [5.41, 5.74) is 4.66. The summed E-state index contributed by atoms with van der Waals surface area (Å²) in [6.07, 6.45) is 1.99. The number of phenols is 1. The molecule has 2 N–H and O–H groups in total. The summed E-state index contributed by atoms with van der Waals surface area (Å²) in [6.45, 7) is 7.29. The van der Waals surface area contributed by atoms with Crippen LogP contribution in [0.25, 0.3) is 10.9 Å². The van der Waals surface area contributed by atoms with Crippen LogP contribution in [-0.2, 0) is 24.4 Å². The number of amides is 2. The number of nitrogens with one attached hydrogen (secondary N) is 1. The predicted molar refractivity (Wildman–Crippen MR) is 157 cm³/mol. The van der Waals surface area contributed by atoms with Gasteiger partial charge in [-0.15, -0.1) is 0 Å². The zero-order valence-electron chi connectivity index (χ0n) is 23.2. The molecule has 0 radical (unpaired) electrons. The summed E-state index contributed by atoms with van der Waals surface area (Å²) in [4.78, 5) is 32.1. The molecule has 0 bridgehead atoms. The standard InChI is InChI=1S/C32H37N5O3/c1-24-19-26(11-12-30(24)38)32(40)33-23-34(2)21-27-9-6-10-29-28(27)13-14-37(29)22-31(39)36-17-15-35(16-18-36)20-25-7-4-3-5-8-25/h3-14,19,38H,15-18,20-23H2,1-2H3,(H,33,40). The summed E-state index contributed by atoms with van der Waals surface area (Å²) < 4.78 is 2.03. The fourth-order valence-electron chi connectivity index (χ4n) is 5.26. The van der Waals surface area contributed by atoms with Gasteiger partial charge >= 0.3 is 0 Å². The summed E-state index contributed by atoms with van der Waals surface area (Å²) >= 11 is 0. The van der Waals surface area contributed by atoms with Crippen molar-refractivity contribution < 1.29 is 14.7 Å². The molecule has 2 heterocycles. The number of carbonyl (C=O) groups is 2. The van der Waals surface area contributed by atoms with Crippen molar-refractivity contribution in [1.82, 2.24) is 24.6 Å². The smallest absolute Gasteiger partial charge is 0.252 e. The number of aryl methyl sites for hydroxylation is 1. The Kier molecular flexibility index (Phi) is 8.48. The van der Waals surface area contributed by atoms with E-state index in [2.05, 4.69) is 52.7 Å². The Morgan fingerprint density at radius 3 is 2.48 bits per heavy atom. The second kappa shape index (κ2) is 12.4. The van der Waals surface area contributed by atoms with Crippen molar-refractivity contribution in [3.63, 3.8) is 0 Å². The maximum atomic E-state index is 13.2. The van der Waals surface area contributed by atoms with Crippen LogP contribution < -0.4 is 5.32 Å². The summed E-state index contributed by atoms with van der Waals surface area (Å²) in [5, 5.41) is 13.8. The number of hydrogen-bond donors (Lipinski definition) is 2. The molecule has 0 unspecified atom stereocenters. The lowest BCUT2D eigenvalue weighted by atomic mass is 10.1. The van der Waals surface area contributed by atoms with Crippen molar-refractivity contribution in [1.29, 1.82) is 0 Å². The molecule has 1 saturated heterocycles. The Bertz CT molecular complexity index is 1470. The van der Waals surface area contributed by atoms with Gasteiger partial charge in [-0.3, -0.25) is 19.4 Å². The molecule has 0 atom stereocenters. The average molecular weight is 540 g/mol. The van der Waals surface area contributed by atoms with E-state index in [0.717, 1.165) is 49.2 Å². The number of piperazine rings is 1. The highest BCUT2D eigenvalue weighted by molar-refractivity contribution is 5.94. The first-order valence-electron chi connectivity index (χ1n) is 13.7. The van der Waals surface area contributed by atoms with Gasteiger partial charge in [0, 0.05) is 61.9 Å². The molecule has 8 nitrogen and oxygen atoms in total. The Balaban J connectivity index is 1.15. The van der Waals surface area contributed by atoms with Crippen LogP contribution in [0.2, 0.25) is 0 Å². The minimum atomic E-state index is -0.182. The Labute approximate surface area is 235 Å². The van der Waals surface area contributed by atoms with E-state index in [-0.39, 0.29) is 17.6 Å². The van der Waals surface area contributed by atoms with E-state index in [4.69, 9.17) is 0 Å². The highest BCUT2D eigenvalue weighted by atomic mass is 16.3. The van der Waals surface area contributed by atoms with Crippen LogP contribution in [-0.4, -0.2) is 76.1 Å². The highest BCUT2D eigenvalue weighted by Crippen LogP contribution is 2.22. The molecule has 1 aliphatic rings. The van der Waals surface area contributed by atoms with Gasteiger partial charge in [0.2, 0.25) is 5.91 Å². The van der Waals surface area contributed by atoms with Crippen molar-refractivity contribution in [3.8, 4) is 5.75 Å². The minimum absolute atomic E-state index is 0.145. The molecule has 5 rings (SSSR count). The van der Waals surface area contributed by atoms with E-state index in [9.17, 15) is 14.7 Å². The number of hydrogen-bond acceptors (Lipinski definition) is 5. The fraction of sp³-hybridized carbons (Fsp3) is 0.312. The van der Waals surface area contributed by atoms with Gasteiger partial charge in [0.1, 0.15) is 12.3 Å². The van der Waals surface area contributed by atoms with Crippen LogP contribution in [0.1, 0.15) is 27.0 Å². The number of carbonyl (C=O) groups excluding carboxylic acids is 2. The third kappa shape index (κ3) is 6.52. The molecular formula is C32H37N5O3. The number of rotatable bonds is 9. The Hall–Kier alpha value is -4.14. The van der Waals surface area contributed by atoms with Gasteiger partial charge < -0.3 is 19.9 Å². The van der Waals surface area contributed by atoms with Crippen molar-refractivity contribution >= 4 is 22.7 Å². The van der Waals surface area contributed by atoms with E-state index in [1.54, 1.807) is 19.1 Å². The van der Waals surface area contributed by atoms with Gasteiger partial charge in [-0.1, -0.05) is 42.5 Å². The van der Waals surface area contributed by atoms with E-state index in [0.29, 0.717) is 30.9 Å². The Morgan fingerprint density at radius 2 is 1.73 bits per heavy atom. The molecular weight excluding hydrogens is 502 g/mol. The first-order valence-corrected chi connectivity index (χ1v) is 13.7. The van der Waals surface area contributed by atoms with Crippen LogP contribution in [0.3, 0.4) is 0 Å². The number of nitrogens with zero attached hydrogens (tertiary/aromatic N) is 4. The number of aromatic nitrogens is 1. The van der Waals surface area contributed by atoms with Gasteiger partial charge in [0.15, 0.2) is 0 Å². The summed E-state index contributed by atoms with van der Waals surface area (Å²) in [5.74, 6) is 0.141. The third-order valence-corrected chi connectivity index (χ3v) is 7.59. The number of aromatic hydroxyl groups is 1. The van der Waals surface area contributed by atoms with E-state index in [1.807, 2.05) is 39.7 Å². The van der Waals surface area contributed by atoms with Crippen LogP contribution in [0.15, 0.2) is 79.0 Å². The molecule has 2 amide bonds. The van der Waals surface area contributed by atoms with E-state index < -0.39 is 0 Å². The first kappa shape index (κ1) is 27.4. The molecule has 0 aliphatic carbocycles. The first-order chi connectivity index (χ1) is 19.4. The topological polar surface area (TPSA) is 81.1 Å². The van der Waals surface area contributed by atoms with E-state index in [1.165, 1.54) is 11.6 Å². The average Bonchev–Trinajstić information content (AvgIpc) is 3.37. The van der Waals surface area contributed by atoms with Gasteiger partial charge in [-0.05, 0) is 61.0 Å². The zero-order chi connectivity index (χ0) is 28.1. The van der Waals surface area contributed by atoms with Gasteiger partial charge in [0.25, 0.3) is 5.91 Å². The van der Waals surface area contributed by atoms with Crippen LogP contribution in [0, 0.1) is 6.92 Å². The molecule has 0 spiro atoms. The Morgan fingerprint density at radius 1 is 0.950 bits per heavy atom. The van der Waals surface area contributed by atoms with Crippen molar-refractivity contribution in [3.05, 3.63) is 101 Å². The number of phenolic OH excluding ortho intramolecular Hbond substituents is 1. The lowest BCUT2D eigenvalue weighted by molar-refractivity contribution is -0.133.